The molecule has 0 spiro atoms. The molecule has 98 valence electrons. The lowest BCUT2D eigenvalue weighted by atomic mass is 10.5. The smallest absolute Gasteiger partial charge is 0.259 e. The summed E-state index contributed by atoms with van der Waals surface area (Å²) in [6.45, 7) is 4.74. The maximum Gasteiger partial charge on any atom is 0.259 e. The fourth-order valence-corrected chi connectivity index (χ4v) is 2.51. The first-order valence-electron chi connectivity index (χ1n) is 5.65. The van der Waals surface area contributed by atoms with Gasteiger partial charge in [-0.15, -0.1) is 0 Å². The van der Waals surface area contributed by atoms with Gasteiger partial charge in [-0.2, -0.15) is 0 Å². The van der Waals surface area contributed by atoms with Crippen molar-refractivity contribution in [3.05, 3.63) is 12.0 Å². The Balaban J connectivity index is 2.80. The maximum absolute atomic E-state index is 11.8. The average molecular weight is 261 g/mol. The van der Waals surface area contributed by atoms with Crippen LogP contribution in [-0.2, 0) is 16.6 Å². The molecule has 2 N–H and O–H groups in total. The first-order valence-corrected chi connectivity index (χ1v) is 7.14. The van der Waals surface area contributed by atoms with Crippen LogP contribution in [0.5, 0.6) is 0 Å². The van der Waals surface area contributed by atoms with Crippen LogP contribution in [0.3, 0.4) is 0 Å². The first-order chi connectivity index (χ1) is 8.01. The standard InChI is InChI=1S/C10H19N3O3S/c1-3-6-13-8-10(12-9(13)2)17(15,16)11-5-4-7-14/h8,11,14H,3-7H2,1-2H3. The third-order valence-electron chi connectivity index (χ3n) is 2.32. The van der Waals surface area contributed by atoms with E-state index in [9.17, 15) is 8.42 Å². The second-order valence-electron chi connectivity index (χ2n) is 3.79. The number of aryl methyl sites for hydroxylation is 2. The minimum atomic E-state index is -3.55. The summed E-state index contributed by atoms with van der Waals surface area (Å²) < 4.78 is 27.8. The van der Waals surface area contributed by atoms with Crippen molar-refractivity contribution in [2.75, 3.05) is 13.2 Å². The lowest BCUT2D eigenvalue weighted by molar-refractivity contribution is 0.289. The predicted molar refractivity (Wildman–Crippen MR) is 64.1 cm³/mol. The topological polar surface area (TPSA) is 84.2 Å². The highest BCUT2D eigenvalue weighted by Gasteiger charge is 2.18. The van der Waals surface area contributed by atoms with Crippen LogP contribution in [0.4, 0.5) is 0 Å². The van der Waals surface area contributed by atoms with E-state index in [1.54, 1.807) is 13.1 Å². The molecule has 0 fully saturated rings. The summed E-state index contributed by atoms with van der Waals surface area (Å²) in [7, 11) is -3.55. The zero-order valence-electron chi connectivity index (χ0n) is 10.2. The summed E-state index contributed by atoms with van der Waals surface area (Å²) in [5, 5.41) is 8.64. The van der Waals surface area contributed by atoms with Gasteiger partial charge in [0.25, 0.3) is 10.0 Å². The van der Waals surface area contributed by atoms with E-state index in [-0.39, 0.29) is 18.2 Å². The molecule has 0 unspecified atom stereocenters. The normalized spacial score (nSPS) is 11.9. The summed E-state index contributed by atoms with van der Waals surface area (Å²) in [4.78, 5) is 4.03. The Morgan fingerprint density at radius 2 is 2.24 bits per heavy atom. The maximum atomic E-state index is 11.8. The van der Waals surface area contributed by atoms with E-state index in [0.717, 1.165) is 13.0 Å². The van der Waals surface area contributed by atoms with Crippen molar-refractivity contribution < 1.29 is 13.5 Å². The van der Waals surface area contributed by atoms with Crippen LogP contribution in [0.15, 0.2) is 11.2 Å². The van der Waals surface area contributed by atoms with E-state index in [4.69, 9.17) is 5.11 Å². The molecule has 1 aromatic rings. The Labute approximate surface area is 102 Å². The van der Waals surface area contributed by atoms with Crippen LogP contribution in [0.2, 0.25) is 0 Å². The quantitative estimate of drug-likeness (QED) is 0.690. The number of imidazole rings is 1. The highest BCUT2D eigenvalue weighted by Crippen LogP contribution is 2.09. The highest BCUT2D eigenvalue weighted by molar-refractivity contribution is 7.89. The Kier molecular flexibility index (Phi) is 5.10. The number of hydrogen-bond donors (Lipinski definition) is 2. The molecule has 0 amide bonds. The largest absolute Gasteiger partial charge is 0.396 e. The van der Waals surface area contributed by atoms with Crippen LogP contribution in [0, 0.1) is 6.92 Å². The molecule has 1 rings (SSSR count). The van der Waals surface area contributed by atoms with Gasteiger partial charge < -0.3 is 9.67 Å². The van der Waals surface area contributed by atoms with E-state index in [1.165, 1.54) is 0 Å². The van der Waals surface area contributed by atoms with E-state index >= 15 is 0 Å². The molecule has 0 aromatic carbocycles. The molecule has 1 aromatic heterocycles. The lowest BCUT2D eigenvalue weighted by Gasteiger charge is -2.02. The molecule has 0 aliphatic heterocycles. The summed E-state index contributed by atoms with van der Waals surface area (Å²) >= 11 is 0. The minimum absolute atomic E-state index is 0.0359. The van der Waals surface area contributed by atoms with Crippen molar-refractivity contribution in [2.24, 2.45) is 0 Å². The molecule has 1 heterocycles. The molecule has 0 bridgehead atoms. The summed E-state index contributed by atoms with van der Waals surface area (Å²) in [5.41, 5.74) is 0. The van der Waals surface area contributed by atoms with Crippen molar-refractivity contribution in [3.8, 4) is 0 Å². The average Bonchev–Trinajstić information content (AvgIpc) is 2.62. The summed E-state index contributed by atoms with van der Waals surface area (Å²) in [6, 6.07) is 0. The van der Waals surface area contributed by atoms with Gasteiger partial charge in [-0.1, -0.05) is 6.92 Å². The number of aliphatic hydroxyl groups excluding tert-OH is 1. The molecular formula is C10H19N3O3S. The van der Waals surface area contributed by atoms with Crippen LogP contribution >= 0.6 is 0 Å². The first kappa shape index (κ1) is 14.1. The number of sulfonamides is 1. The van der Waals surface area contributed by atoms with Gasteiger partial charge in [0.1, 0.15) is 5.82 Å². The number of hydrogen-bond acceptors (Lipinski definition) is 4. The van der Waals surface area contributed by atoms with Gasteiger partial charge >= 0.3 is 0 Å². The zero-order chi connectivity index (χ0) is 12.9. The molecule has 0 aliphatic carbocycles. The second kappa shape index (κ2) is 6.13. The van der Waals surface area contributed by atoms with E-state index in [2.05, 4.69) is 9.71 Å². The second-order valence-corrected chi connectivity index (χ2v) is 5.51. The van der Waals surface area contributed by atoms with Crippen LogP contribution in [-0.4, -0.2) is 36.2 Å². The van der Waals surface area contributed by atoms with Crippen molar-refractivity contribution in [1.29, 1.82) is 0 Å². The molecule has 0 saturated heterocycles. The summed E-state index contributed by atoms with van der Waals surface area (Å²) in [6.07, 6.45) is 2.86. The highest BCUT2D eigenvalue weighted by atomic mass is 32.2. The molecule has 17 heavy (non-hydrogen) atoms. The molecule has 0 atom stereocenters. The van der Waals surface area contributed by atoms with Crippen molar-refractivity contribution in [3.63, 3.8) is 0 Å². The zero-order valence-corrected chi connectivity index (χ0v) is 11.0. The van der Waals surface area contributed by atoms with Gasteiger partial charge in [0.2, 0.25) is 0 Å². The fraction of sp³-hybridized carbons (Fsp3) is 0.700. The predicted octanol–water partition coefficient (Wildman–Crippen LogP) is 0.262. The fourth-order valence-electron chi connectivity index (χ4n) is 1.44. The van der Waals surface area contributed by atoms with Crippen molar-refractivity contribution >= 4 is 10.0 Å². The molecule has 0 radical (unpaired) electrons. The van der Waals surface area contributed by atoms with Gasteiger partial charge in [0, 0.05) is 25.9 Å². The molecular weight excluding hydrogens is 242 g/mol. The molecule has 0 saturated carbocycles. The number of aliphatic hydroxyl groups is 1. The van der Waals surface area contributed by atoms with E-state index in [0.29, 0.717) is 12.2 Å². The minimum Gasteiger partial charge on any atom is -0.396 e. The van der Waals surface area contributed by atoms with Crippen LogP contribution in [0.25, 0.3) is 0 Å². The van der Waals surface area contributed by atoms with Crippen molar-refractivity contribution in [1.82, 2.24) is 14.3 Å². The van der Waals surface area contributed by atoms with Gasteiger partial charge in [-0.05, 0) is 19.8 Å². The molecule has 6 nitrogen and oxygen atoms in total. The van der Waals surface area contributed by atoms with Crippen LogP contribution in [0.1, 0.15) is 25.6 Å². The SMILES string of the molecule is CCCn1cc(S(=O)(=O)NCCCO)nc1C. The number of nitrogens with zero attached hydrogens (tertiary/aromatic N) is 2. The van der Waals surface area contributed by atoms with Gasteiger partial charge in [0.05, 0.1) is 0 Å². The Morgan fingerprint density at radius 1 is 1.53 bits per heavy atom. The van der Waals surface area contributed by atoms with Crippen molar-refractivity contribution in [2.45, 2.75) is 38.3 Å². The number of rotatable bonds is 7. The summed E-state index contributed by atoms with van der Waals surface area (Å²) in [5.74, 6) is 0.689. The van der Waals surface area contributed by atoms with Gasteiger partial charge in [-0.25, -0.2) is 18.1 Å². The third-order valence-corrected chi connectivity index (χ3v) is 3.65. The third kappa shape index (κ3) is 3.79. The van der Waals surface area contributed by atoms with Crippen LogP contribution < -0.4 is 4.72 Å². The van der Waals surface area contributed by atoms with E-state index in [1.807, 2.05) is 11.5 Å². The lowest BCUT2D eigenvalue weighted by Crippen LogP contribution is -2.25. The van der Waals surface area contributed by atoms with E-state index < -0.39 is 10.0 Å². The number of nitrogens with one attached hydrogen (secondary N) is 1. The number of aromatic nitrogens is 2. The monoisotopic (exact) mass is 261 g/mol. The van der Waals surface area contributed by atoms with Gasteiger partial charge in [-0.3, -0.25) is 0 Å². The Bertz CT molecular complexity index is 453. The molecule has 0 aliphatic rings. The Morgan fingerprint density at radius 3 is 2.82 bits per heavy atom. The Hall–Kier alpha value is -0.920. The van der Waals surface area contributed by atoms with Gasteiger partial charge in [0.15, 0.2) is 5.03 Å². The molecule has 7 heteroatoms.